The van der Waals surface area contributed by atoms with Gasteiger partial charge in [-0.1, -0.05) is 36.4 Å². The summed E-state index contributed by atoms with van der Waals surface area (Å²) in [5.74, 6) is 0. The van der Waals surface area contributed by atoms with Crippen molar-refractivity contribution in [2.45, 2.75) is 12.8 Å². The lowest BCUT2D eigenvalue weighted by atomic mass is 9.98. The minimum atomic E-state index is 0.534. The molecule has 0 amide bonds. The molecule has 0 N–H and O–H groups in total. The van der Waals surface area contributed by atoms with Crippen molar-refractivity contribution in [1.29, 1.82) is 0 Å². The van der Waals surface area contributed by atoms with E-state index >= 15 is 0 Å². The second-order valence-corrected chi connectivity index (χ2v) is 6.26. The van der Waals surface area contributed by atoms with Crippen molar-refractivity contribution in [3.63, 3.8) is 0 Å². The molecule has 3 aromatic rings. The maximum Gasteiger partial charge on any atom is 0.240 e. The molecule has 0 atom stereocenters. The van der Waals surface area contributed by atoms with Crippen molar-refractivity contribution in [1.82, 2.24) is 0 Å². The molecule has 0 saturated carbocycles. The van der Waals surface area contributed by atoms with Crippen LogP contribution in [0.1, 0.15) is 22.3 Å². The zero-order valence-electron chi connectivity index (χ0n) is 15.3. The van der Waals surface area contributed by atoms with Crippen LogP contribution in [-0.2, 0) is 27.2 Å². The first-order valence-electron chi connectivity index (χ1n) is 8.75. The summed E-state index contributed by atoms with van der Waals surface area (Å²) in [5, 5.41) is 0. The third kappa shape index (κ3) is 5.39. The minimum absolute atomic E-state index is 0.534. The Morgan fingerprint density at radius 1 is 0.586 bits per heavy atom. The summed E-state index contributed by atoms with van der Waals surface area (Å²) < 4.78 is 0. The molecule has 0 aliphatic carbocycles. The van der Waals surface area contributed by atoms with Crippen LogP contribution in [0.2, 0.25) is 0 Å². The van der Waals surface area contributed by atoms with Crippen molar-refractivity contribution < 1.29 is 14.4 Å². The number of rotatable bonds is 7. The van der Waals surface area contributed by atoms with E-state index in [0.29, 0.717) is 29.9 Å². The van der Waals surface area contributed by atoms with E-state index in [1.54, 1.807) is 24.3 Å². The number of isocyanates is 3. The molecule has 0 radical (unpaired) electrons. The Hall–Kier alpha value is -4.20. The normalized spacial score (nSPS) is 9.66. The molecular formula is C23H15N3O3. The van der Waals surface area contributed by atoms with Crippen LogP contribution in [0.5, 0.6) is 0 Å². The zero-order valence-corrected chi connectivity index (χ0v) is 15.3. The molecule has 3 rings (SSSR count). The highest BCUT2D eigenvalue weighted by atomic mass is 16.1. The summed E-state index contributed by atoms with van der Waals surface area (Å²) in [5.41, 5.74) is 5.43. The number of nitrogens with zero attached hydrogens (tertiary/aromatic N) is 3. The Morgan fingerprint density at radius 2 is 1.24 bits per heavy atom. The molecule has 0 spiro atoms. The third-order valence-electron chi connectivity index (χ3n) is 4.32. The fraction of sp³-hybridized carbons (Fsp3) is 0.0870. The van der Waals surface area contributed by atoms with Gasteiger partial charge >= 0.3 is 0 Å². The first-order valence-corrected chi connectivity index (χ1v) is 8.75. The Kier molecular flexibility index (Phi) is 6.51. The molecule has 6 nitrogen and oxygen atoms in total. The van der Waals surface area contributed by atoms with Gasteiger partial charge < -0.3 is 0 Å². The summed E-state index contributed by atoms with van der Waals surface area (Å²) in [6.45, 7) is 0. The van der Waals surface area contributed by atoms with Gasteiger partial charge in [-0.05, 0) is 65.4 Å². The lowest BCUT2D eigenvalue weighted by Gasteiger charge is -2.09. The smallest absolute Gasteiger partial charge is 0.211 e. The van der Waals surface area contributed by atoms with Gasteiger partial charge in [0.25, 0.3) is 0 Å². The second kappa shape index (κ2) is 9.65. The lowest BCUT2D eigenvalue weighted by molar-refractivity contribution is 0.564. The molecule has 140 valence electrons. The van der Waals surface area contributed by atoms with Gasteiger partial charge in [-0.15, -0.1) is 0 Å². The SMILES string of the molecule is O=C=Nc1ccc(Cc2ccc(Cc3cccc(N=C=O)c3)cc2N=C=O)cc1. The summed E-state index contributed by atoms with van der Waals surface area (Å²) in [6, 6.07) is 20.2. The lowest BCUT2D eigenvalue weighted by Crippen LogP contribution is -1.93. The van der Waals surface area contributed by atoms with E-state index in [2.05, 4.69) is 15.0 Å². The third-order valence-corrected chi connectivity index (χ3v) is 4.32. The van der Waals surface area contributed by atoms with Crippen LogP contribution in [0.4, 0.5) is 17.1 Å². The molecule has 29 heavy (non-hydrogen) atoms. The van der Waals surface area contributed by atoms with Gasteiger partial charge in [-0.3, -0.25) is 0 Å². The standard InChI is InChI=1S/C23H15N3O3/c27-14-24-21-8-5-17(6-9-21)11-20-7-4-19(13-23(20)26-16-29)10-18-2-1-3-22(12-18)25-15-28/h1-9,12-13H,10-11H2. The summed E-state index contributed by atoms with van der Waals surface area (Å²) in [4.78, 5) is 42.7. The number of carbonyl (C=O) groups excluding carboxylic acids is 3. The first-order chi connectivity index (χ1) is 14.2. The van der Waals surface area contributed by atoms with Gasteiger partial charge in [0, 0.05) is 0 Å². The molecule has 6 heteroatoms. The molecular weight excluding hydrogens is 366 g/mol. The van der Waals surface area contributed by atoms with Gasteiger partial charge in [0.2, 0.25) is 18.2 Å². The predicted octanol–water partition coefficient (Wildman–Crippen LogP) is 4.77. The Bertz CT molecular complexity index is 1170. The molecule has 0 aliphatic heterocycles. The van der Waals surface area contributed by atoms with E-state index in [9.17, 15) is 14.4 Å². The van der Waals surface area contributed by atoms with Gasteiger partial charge in [-0.2, -0.15) is 15.0 Å². The number of aliphatic imine (C=N–C) groups is 3. The van der Waals surface area contributed by atoms with E-state index < -0.39 is 0 Å². The Labute approximate surface area is 167 Å². The van der Waals surface area contributed by atoms with E-state index in [-0.39, 0.29) is 0 Å². The van der Waals surface area contributed by atoms with E-state index in [1.807, 2.05) is 48.5 Å². The topological polar surface area (TPSA) is 88.3 Å². The van der Waals surface area contributed by atoms with Gasteiger partial charge in [0.05, 0.1) is 17.1 Å². The fourth-order valence-electron chi connectivity index (χ4n) is 3.01. The van der Waals surface area contributed by atoms with Gasteiger partial charge in [0.1, 0.15) is 0 Å². The van der Waals surface area contributed by atoms with Crippen LogP contribution in [0, 0.1) is 0 Å². The molecule has 0 aliphatic rings. The predicted molar refractivity (Wildman–Crippen MR) is 108 cm³/mol. The molecule has 0 unspecified atom stereocenters. The Morgan fingerprint density at radius 3 is 1.97 bits per heavy atom. The average Bonchev–Trinajstić information content (AvgIpc) is 2.72. The van der Waals surface area contributed by atoms with Crippen molar-refractivity contribution in [3.8, 4) is 0 Å². The Balaban J connectivity index is 1.84. The van der Waals surface area contributed by atoms with Crippen LogP contribution in [0.25, 0.3) is 0 Å². The number of benzene rings is 3. The maximum absolute atomic E-state index is 10.9. The summed E-state index contributed by atoms with van der Waals surface area (Å²) in [6.07, 6.45) is 5.82. The maximum atomic E-state index is 10.9. The van der Waals surface area contributed by atoms with Crippen LogP contribution >= 0.6 is 0 Å². The first kappa shape index (κ1) is 19.6. The fourth-order valence-corrected chi connectivity index (χ4v) is 3.01. The summed E-state index contributed by atoms with van der Waals surface area (Å²) in [7, 11) is 0. The minimum Gasteiger partial charge on any atom is -0.211 e. The molecule has 0 bridgehead atoms. The van der Waals surface area contributed by atoms with Crippen molar-refractivity contribution >= 4 is 35.3 Å². The monoisotopic (exact) mass is 381 g/mol. The largest absolute Gasteiger partial charge is 0.240 e. The van der Waals surface area contributed by atoms with Crippen molar-refractivity contribution in [3.05, 3.63) is 89.0 Å². The molecule has 0 fully saturated rings. The van der Waals surface area contributed by atoms with E-state index in [0.717, 1.165) is 22.3 Å². The molecule has 0 saturated heterocycles. The molecule has 0 aromatic heterocycles. The van der Waals surface area contributed by atoms with Crippen LogP contribution < -0.4 is 0 Å². The van der Waals surface area contributed by atoms with Crippen LogP contribution in [0.15, 0.2) is 81.7 Å². The number of hydrogen-bond acceptors (Lipinski definition) is 6. The molecule has 3 aromatic carbocycles. The van der Waals surface area contributed by atoms with Gasteiger partial charge in [-0.25, -0.2) is 14.4 Å². The van der Waals surface area contributed by atoms with Crippen molar-refractivity contribution in [2.24, 2.45) is 15.0 Å². The highest BCUT2D eigenvalue weighted by molar-refractivity contribution is 5.58. The van der Waals surface area contributed by atoms with Gasteiger partial charge in [0.15, 0.2) is 0 Å². The van der Waals surface area contributed by atoms with Crippen LogP contribution in [-0.4, -0.2) is 18.2 Å². The number of hydrogen-bond donors (Lipinski definition) is 0. The second-order valence-electron chi connectivity index (χ2n) is 6.26. The highest BCUT2D eigenvalue weighted by Gasteiger charge is 2.07. The average molecular weight is 381 g/mol. The van der Waals surface area contributed by atoms with E-state index in [4.69, 9.17) is 0 Å². The zero-order chi connectivity index (χ0) is 20.5. The van der Waals surface area contributed by atoms with Crippen molar-refractivity contribution in [2.75, 3.05) is 0 Å². The summed E-state index contributed by atoms with van der Waals surface area (Å²) >= 11 is 0. The molecule has 0 heterocycles. The van der Waals surface area contributed by atoms with E-state index in [1.165, 1.54) is 12.2 Å². The highest BCUT2D eigenvalue weighted by Crippen LogP contribution is 2.26. The van der Waals surface area contributed by atoms with Crippen LogP contribution in [0.3, 0.4) is 0 Å². The quantitative estimate of drug-likeness (QED) is 0.436.